The summed E-state index contributed by atoms with van der Waals surface area (Å²) in [6.07, 6.45) is 2.88. The van der Waals surface area contributed by atoms with E-state index in [1.165, 1.54) is 12.1 Å². The number of benzene rings is 2. The number of carbonyl (C=O) groups excluding carboxylic acids is 1. The highest BCUT2D eigenvalue weighted by molar-refractivity contribution is 6.03. The molecule has 146 valence electrons. The average Bonchev–Trinajstić information content (AvgIpc) is 3.38. The molecule has 0 spiro atoms. The van der Waals surface area contributed by atoms with Crippen LogP contribution >= 0.6 is 0 Å². The molecule has 0 aromatic heterocycles. The van der Waals surface area contributed by atoms with Gasteiger partial charge in [0, 0.05) is 6.42 Å². The van der Waals surface area contributed by atoms with Gasteiger partial charge >= 0.3 is 0 Å². The van der Waals surface area contributed by atoms with Gasteiger partial charge in [0.2, 0.25) is 0 Å². The van der Waals surface area contributed by atoms with Crippen LogP contribution in [0.2, 0.25) is 0 Å². The molecule has 1 amide bonds. The molecule has 1 unspecified atom stereocenters. The summed E-state index contributed by atoms with van der Waals surface area (Å²) >= 11 is 0. The molecule has 2 aliphatic heterocycles. The summed E-state index contributed by atoms with van der Waals surface area (Å²) in [5.74, 6) is 0.493. The summed E-state index contributed by atoms with van der Waals surface area (Å²) in [4.78, 5) is 15.2. The van der Waals surface area contributed by atoms with Crippen LogP contribution < -0.4 is 4.74 Å². The van der Waals surface area contributed by atoms with Crippen molar-refractivity contribution in [2.24, 2.45) is 5.10 Å². The van der Waals surface area contributed by atoms with Gasteiger partial charge in [0.25, 0.3) is 5.91 Å². The molecule has 1 saturated heterocycles. The van der Waals surface area contributed by atoms with Crippen molar-refractivity contribution in [1.29, 1.82) is 0 Å². The quantitative estimate of drug-likeness (QED) is 0.795. The SMILES string of the molecule is COc1ccc(C2CC(c3ccc(F)cc3)=NN2C(=O)CN2CCCC2)cc1. The summed E-state index contributed by atoms with van der Waals surface area (Å²) in [5.41, 5.74) is 2.66. The third-order valence-electron chi connectivity index (χ3n) is 5.40. The minimum atomic E-state index is -0.281. The number of rotatable bonds is 5. The summed E-state index contributed by atoms with van der Waals surface area (Å²) < 4.78 is 18.5. The number of hydrogen-bond acceptors (Lipinski definition) is 4. The number of methoxy groups -OCH3 is 1. The first-order valence-corrected chi connectivity index (χ1v) is 9.66. The van der Waals surface area contributed by atoms with E-state index in [1.54, 1.807) is 24.3 Å². The predicted octanol–water partition coefficient (Wildman–Crippen LogP) is 3.61. The fourth-order valence-corrected chi connectivity index (χ4v) is 3.85. The Morgan fingerprint density at radius 3 is 2.43 bits per heavy atom. The molecule has 2 aromatic rings. The van der Waals surface area contributed by atoms with Crippen LogP contribution in [0.25, 0.3) is 0 Å². The number of likely N-dealkylation sites (tertiary alicyclic amines) is 1. The maximum atomic E-state index is 13.3. The highest BCUT2D eigenvalue weighted by Crippen LogP contribution is 2.34. The molecule has 2 aliphatic rings. The molecular formula is C22H24FN3O2. The van der Waals surface area contributed by atoms with Gasteiger partial charge in [0.1, 0.15) is 11.6 Å². The molecule has 28 heavy (non-hydrogen) atoms. The van der Waals surface area contributed by atoms with Gasteiger partial charge in [0.05, 0.1) is 25.4 Å². The van der Waals surface area contributed by atoms with Crippen LogP contribution in [0, 0.1) is 5.82 Å². The molecule has 1 fully saturated rings. The van der Waals surface area contributed by atoms with Crippen molar-refractivity contribution in [3.8, 4) is 5.75 Å². The molecule has 0 saturated carbocycles. The number of hydrazone groups is 1. The fraction of sp³-hybridized carbons (Fsp3) is 0.364. The standard InChI is InChI=1S/C22H24FN3O2/c1-28-19-10-6-17(7-11-19)21-14-20(16-4-8-18(23)9-5-16)24-26(21)22(27)15-25-12-2-3-13-25/h4-11,21H,2-3,12-15H2,1H3. The maximum absolute atomic E-state index is 13.3. The highest BCUT2D eigenvalue weighted by Gasteiger charge is 2.34. The van der Waals surface area contributed by atoms with Crippen molar-refractivity contribution < 1.29 is 13.9 Å². The summed E-state index contributed by atoms with van der Waals surface area (Å²) in [5, 5.41) is 6.26. The Kier molecular flexibility index (Phi) is 5.39. The Bertz CT molecular complexity index is 858. The van der Waals surface area contributed by atoms with E-state index < -0.39 is 0 Å². The van der Waals surface area contributed by atoms with E-state index in [9.17, 15) is 9.18 Å². The minimum Gasteiger partial charge on any atom is -0.497 e. The second-order valence-corrected chi connectivity index (χ2v) is 7.27. The van der Waals surface area contributed by atoms with Gasteiger partial charge in [-0.15, -0.1) is 0 Å². The van der Waals surface area contributed by atoms with Crippen molar-refractivity contribution in [3.05, 3.63) is 65.5 Å². The molecule has 2 aromatic carbocycles. The van der Waals surface area contributed by atoms with E-state index in [2.05, 4.69) is 10.0 Å². The van der Waals surface area contributed by atoms with Gasteiger partial charge in [-0.1, -0.05) is 24.3 Å². The Morgan fingerprint density at radius 1 is 1.11 bits per heavy atom. The highest BCUT2D eigenvalue weighted by atomic mass is 19.1. The van der Waals surface area contributed by atoms with Crippen LogP contribution in [0.15, 0.2) is 53.6 Å². The third-order valence-corrected chi connectivity index (χ3v) is 5.40. The first kappa shape index (κ1) is 18.6. The van der Waals surface area contributed by atoms with E-state index >= 15 is 0 Å². The lowest BCUT2D eigenvalue weighted by atomic mass is 9.98. The first-order chi connectivity index (χ1) is 13.6. The minimum absolute atomic E-state index is 0.000158. The van der Waals surface area contributed by atoms with Crippen molar-refractivity contribution in [3.63, 3.8) is 0 Å². The third kappa shape index (κ3) is 3.92. The van der Waals surface area contributed by atoms with Crippen LogP contribution in [-0.2, 0) is 4.79 Å². The second-order valence-electron chi connectivity index (χ2n) is 7.27. The molecule has 1 atom stereocenters. The van der Waals surface area contributed by atoms with Gasteiger partial charge in [-0.2, -0.15) is 5.10 Å². The van der Waals surface area contributed by atoms with Crippen molar-refractivity contribution in [1.82, 2.24) is 9.91 Å². The number of hydrogen-bond donors (Lipinski definition) is 0. The predicted molar refractivity (Wildman–Crippen MR) is 106 cm³/mol. The molecule has 2 heterocycles. The lowest BCUT2D eigenvalue weighted by Gasteiger charge is -2.24. The monoisotopic (exact) mass is 381 g/mol. The summed E-state index contributed by atoms with van der Waals surface area (Å²) in [6, 6.07) is 13.9. The zero-order valence-electron chi connectivity index (χ0n) is 16.0. The van der Waals surface area contributed by atoms with E-state index in [4.69, 9.17) is 4.74 Å². The lowest BCUT2D eigenvalue weighted by Crippen LogP contribution is -2.36. The molecule has 0 bridgehead atoms. The molecule has 0 aliphatic carbocycles. The van der Waals surface area contributed by atoms with Crippen LogP contribution in [0.3, 0.4) is 0 Å². The van der Waals surface area contributed by atoms with Gasteiger partial charge in [-0.25, -0.2) is 9.40 Å². The largest absolute Gasteiger partial charge is 0.497 e. The van der Waals surface area contributed by atoms with Gasteiger partial charge < -0.3 is 4.74 Å². The smallest absolute Gasteiger partial charge is 0.257 e. The van der Waals surface area contributed by atoms with Crippen LogP contribution in [0.4, 0.5) is 4.39 Å². The first-order valence-electron chi connectivity index (χ1n) is 9.66. The summed E-state index contributed by atoms with van der Waals surface area (Å²) in [6.45, 7) is 2.30. The maximum Gasteiger partial charge on any atom is 0.257 e. The van der Waals surface area contributed by atoms with Crippen molar-refractivity contribution in [2.75, 3.05) is 26.7 Å². The van der Waals surface area contributed by atoms with E-state index in [0.717, 1.165) is 48.5 Å². The van der Waals surface area contributed by atoms with Crippen LogP contribution in [0.1, 0.15) is 36.4 Å². The summed E-state index contributed by atoms with van der Waals surface area (Å²) in [7, 11) is 1.63. The Hall–Kier alpha value is -2.73. The molecule has 0 radical (unpaired) electrons. The van der Waals surface area contributed by atoms with Crippen LogP contribution in [-0.4, -0.2) is 48.3 Å². The number of halogens is 1. The van der Waals surface area contributed by atoms with Crippen LogP contribution in [0.5, 0.6) is 5.75 Å². The van der Waals surface area contributed by atoms with Gasteiger partial charge in [-0.3, -0.25) is 9.69 Å². The average molecular weight is 381 g/mol. The number of carbonyl (C=O) groups is 1. The molecule has 6 heteroatoms. The Morgan fingerprint density at radius 2 is 1.79 bits per heavy atom. The molecule has 0 N–H and O–H groups in total. The molecule has 4 rings (SSSR count). The van der Waals surface area contributed by atoms with E-state index in [-0.39, 0.29) is 17.8 Å². The van der Waals surface area contributed by atoms with Crippen molar-refractivity contribution >= 4 is 11.6 Å². The van der Waals surface area contributed by atoms with E-state index in [1.807, 2.05) is 24.3 Å². The number of ether oxygens (including phenoxy) is 1. The lowest BCUT2D eigenvalue weighted by molar-refractivity contribution is -0.134. The van der Waals surface area contributed by atoms with Gasteiger partial charge in [-0.05, 0) is 61.3 Å². The zero-order valence-corrected chi connectivity index (χ0v) is 16.0. The Balaban J connectivity index is 1.60. The van der Waals surface area contributed by atoms with E-state index in [0.29, 0.717) is 13.0 Å². The molecular weight excluding hydrogens is 357 g/mol. The number of nitrogens with zero attached hydrogens (tertiary/aromatic N) is 3. The Labute approximate surface area is 164 Å². The van der Waals surface area contributed by atoms with Gasteiger partial charge in [0.15, 0.2) is 0 Å². The van der Waals surface area contributed by atoms with Crippen molar-refractivity contribution in [2.45, 2.75) is 25.3 Å². The fourth-order valence-electron chi connectivity index (χ4n) is 3.85. The zero-order chi connectivity index (χ0) is 19.5. The molecule has 5 nitrogen and oxygen atoms in total. The normalized spacial score (nSPS) is 19.7. The topological polar surface area (TPSA) is 45.1 Å². The second kappa shape index (κ2) is 8.10. The number of amides is 1.